The first-order chi connectivity index (χ1) is 6.29. The molecule has 0 radical (unpaired) electrons. The Labute approximate surface area is 80.8 Å². The fraction of sp³-hybridized carbons (Fsp3) is 0.556. The van der Waals surface area contributed by atoms with Crippen LogP contribution in [0.15, 0.2) is 6.20 Å². The van der Waals surface area contributed by atoms with E-state index in [1.54, 1.807) is 6.20 Å². The Morgan fingerprint density at radius 1 is 1.77 bits per heavy atom. The third-order valence-corrected chi connectivity index (χ3v) is 3.10. The predicted octanol–water partition coefficient (Wildman–Crippen LogP) is 1.88. The number of ether oxygens (including phenoxy) is 1. The zero-order valence-corrected chi connectivity index (χ0v) is 8.26. The van der Waals surface area contributed by atoms with Gasteiger partial charge in [0.1, 0.15) is 4.88 Å². The topological polar surface area (TPSA) is 39.2 Å². The van der Waals surface area contributed by atoms with Crippen molar-refractivity contribution >= 4 is 17.3 Å². The number of carbonyl (C=O) groups excluding carboxylic acids is 1. The standard InChI is InChI=1S/C9H11NO2S/c1-12-9(11)7-5-10-8(13-7)4-6-2-3-6/h5-6H,2-4H2,1H3. The Hall–Kier alpha value is -0.900. The molecule has 0 unspecified atom stereocenters. The Morgan fingerprint density at radius 3 is 3.15 bits per heavy atom. The van der Waals surface area contributed by atoms with Crippen LogP contribution in [0, 0.1) is 5.92 Å². The maximum absolute atomic E-state index is 11.1. The van der Waals surface area contributed by atoms with Crippen molar-refractivity contribution in [3.05, 3.63) is 16.1 Å². The molecule has 1 saturated carbocycles. The Kier molecular flexibility index (Phi) is 2.31. The van der Waals surface area contributed by atoms with Crippen molar-refractivity contribution in [3.8, 4) is 0 Å². The molecule has 0 aliphatic heterocycles. The predicted molar refractivity (Wildman–Crippen MR) is 49.9 cm³/mol. The minimum Gasteiger partial charge on any atom is -0.465 e. The molecule has 13 heavy (non-hydrogen) atoms. The second-order valence-electron chi connectivity index (χ2n) is 3.26. The van der Waals surface area contributed by atoms with Gasteiger partial charge in [-0.1, -0.05) is 0 Å². The molecule has 0 saturated heterocycles. The van der Waals surface area contributed by atoms with E-state index < -0.39 is 0 Å². The van der Waals surface area contributed by atoms with Crippen LogP contribution in [-0.4, -0.2) is 18.1 Å². The van der Waals surface area contributed by atoms with Gasteiger partial charge in [0.05, 0.1) is 18.3 Å². The summed E-state index contributed by atoms with van der Waals surface area (Å²) in [5.41, 5.74) is 0. The van der Waals surface area contributed by atoms with Crippen LogP contribution in [0.25, 0.3) is 0 Å². The van der Waals surface area contributed by atoms with Crippen LogP contribution in [0.1, 0.15) is 27.5 Å². The summed E-state index contributed by atoms with van der Waals surface area (Å²) < 4.78 is 4.60. The Morgan fingerprint density at radius 2 is 2.54 bits per heavy atom. The Balaban J connectivity index is 2.03. The molecule has 3 nitrogen and oxygen atoms in total. The number of hydrogen-bond donors (Lipinski definition) is 0. The number of nitrogens with zero attached hydrogens (tertiary/aromatic N) is 1. The minimum atomic E-state index is -0.278. The fourth-order valence-corrected chi connectivity index (χ4v) is 2.12. The number of carbonyl (C=O) groups is 1. The SMILES string of the molecule is COC(=O)c1cnc(CC2CC2)s1. The van der Waals surface area contributed by atoms with Gasteiger partial charge < -0.3 is 4.74 Å². The van der Waals surface area contributed by atoms with E-state index >= 15 is 0 Å². The first-order valence-corrected chi connectivity index (χ1v) is 5.14. The van der Waals surface area contributed by atoms with Crippen LogP contribution in [0.5, 0.6) is 0 Å². The van der Waals surface area contributed by atoms with Crippen molar-refractivity contribution in [3.63, 3.8) is 0 Å². The van der Waals surface area contributed by atoms with Crippen LogP contribution in [0.3, 0.4) is 0 Å². The summed E-state index contributed by atoms with van der Waals surface area (Å²) in [5, 5.41) is 1.06. The monoisotopic (exact) mass is 197 g/mol. The smallest absolute Gasteiger partial charge is 0.349 e. The molecule has 1 aliphatic carbocycles. The van der Waals surface area contributed by atoms with Gasteiger partial charge in [0.2, 0.25) is 0 Å². The third-order valence-electron chi connectivity index (χ3n) is 2.10. The number of aromatic nitrogens is 1. The van der Waals surface area contributed by atoms with Gasteiger partial charge in [0, 0.05) is 6.42 Å². The lowest BCUT2D eigenvalue weighted by molar-refractivity contribution is 0.0606. The highest BCUT2D eigenvalue weighted by Gasteiger charge is 2.23. The molecular weight excluding hydrogens is 186 g/mol. The van der Waals surface area contributed by atoms with Crippen molar-refractivity contribution in [2.45, 2.75) is 19.3 Å². The first-order valence-electron chi connectivity index (χ1n) is 4.32. The minimum absolute atomic E-state index is 0.278. The summed E-state index contributed by atoms with van der Waals surface area (Å²) in [6, 6.07) is 0. The van der Waals surface area contributed by atoms with Crippen molar-refractivity contribution in [2.75, 3.05) is 7.11 Å². The lowest BCUT2D eigenvalue weighted by Gasteiger charge is -1.91. The van der Waals surface area contributed by atoms with Gasteiger partial charge in [0.15, 0.2) is 0 Å². The molecule has 1 fully saturated rings. The van der Waals surface area contributed by atoms with Gasteiger partial charge in [-0.05, 0) is 18.8 Å². The fourth-order valence-electron chi connectivity index (χ4n) is 1.17. The molecular formula is C9H11NO2S. The van der Waals surface area contributed by atoms with Crippen LogP contribution < -0.4 is 0 Å². The van der Waals surface area contributed by atoms with Crippen LogP contribution in [0.4, 0.5) is 0 Å². The number of thiazole rings is 1. The highest BCUT2D eigenvalue weighted by atomic mass is 32.1. The highest BCUT2D eigenvalue weighted by molar-refractivity contribution is 7.13. The summed E-state index contributed by atoms with van der Waals surface area (Å²) in [4.78, 5) is 15.9. The molecule has 0 bridgehead atoms. The van der Waals surface area contributed by atoms with Crippen LogP contribution >= 0.6 is 11.3 Å². The van der Waals surface area contributed by atoms with E-state index in [-0.39, 0.29) is 5.97 Å². The van der Waals surface area contributed by atoms with Crippen LogP contribution in [-0.2, 0) is 11.2 Å². The van der Waals surface area contributed by atoms with Gasteiger partial charge in [-0.2, -0.15) is 0 Å². The van der Waals surface area contributed by atoms with Gasteiger partial charge in [-0.15, -0.1) is 11.3 Å². The van der Waals surface area contributed by atoms with Crippen molar-refractivity contribution in [2.24, 2.45) is 5.92 Å². The Bertz CT molecular complexity index is 317. The lowest BCUT2D eigenvalue weighted by atomic mass is 10.3. The van der Waals surface area contributed by atoms with E-state index in [4.69, 9.17) is 0 Å². The molecule has 2 rings (SSSR count). The van der Waals surface area contributed by atoms with E-state index in [0.29, 0.717) is 4.88 Å². The summed E-state index contributed by atoms with van der Waals surface area (Å²) >= 11 is 1.45. The highest BCUT2D eigenvalue weighted by Crippen LogP contribution is 2.33. The molecule has 0 atom stereocenters. The first kappa shape index (κ1) is 8.69. The summed E-state index contributed by atoms with van der Waals surface area (Å²) in [6.45, 7) is 0. The van der Waals surface area contributed by atoms with Gasteiger partial charge in [0.25, 0.3) is 0 Å². The molecule has 1 aromatic rings. The van der Waals surface area contributed by atoms with Crippen molar-refractivity contribution in [1.29, 1.82) is 0 Å². The summed E-state index contributed by atoms with van der Waals surface area (Å²) in [5.74, 6) is 0.538. The molecule has 70 valence electrons. The second-order valence-corrected chi connectivity index (χ2v) is 4.37. The average molecular weight is 197 g/mol. The van der Waals surface area contributed by atoms with E-state index in [1.165, 1.54) is 31.3 Å². The zero-order valence-electron chi connectivity index (χ0n) is 7.45. The zero-order chi connectivity index (χ0) is 9.26. The molecule has 1 aliphatic rings. The molecule has 4 heteroatoms. The van der Waals surface area contributed by atoms with E-state index in [9.17, 15) is 4.79 Å². The number of esters is 1. The van der Waals surface area contributed by atoms with Crippen LogP contribution in [0.2, 0.25) is 0 Å². The quantitative estimate of drug-likeness (QED) is 0.694. The third kappa shape index (κ3) is 2.06. The molecule has 1 heterocycles. The maximum Gasteiger partial charge on any atom is 0.349 e. The molecule has 0 spiro atoms. The number of methoxy groups -OCH3 is 1. The van der Waals surface area contributed by atoms with E-state index in [0.717, 1.165) is 17.3 Å². The molecule has 1 aromatic heterocycles. The summed E-state index contributed by atoms with van der Waals surface area (Å²) in [7, 11) is 1.39. The largest absolute Gasteiger partial charge is 0.465 e. The molecule has 0 amide bonds. The second kappa shape index (κ2) is 3.46. The average Bonchev–Trinajstić information content (AvgIpc) is 2.81. The van der Waals surface area contributed by atoms with E-state index in [2.05, 4.69) is 9.72 Å². The lowest BCUT2D eigenvalue weighted by Crippen LogP contribution is -1.96. The van der Waals surface area contributed by atoms with Gasteiger partial charge >= 0.3 is 5.97 Å². The normalized spacial score (nSPS) is 15.8. The van der Waals surface area contributed by atoms with Gasteiger partial charge in [-0.3, -0.25) is 0 Å². The number of hydrogen-bond acceptors (Lipinski definition) is 4. The van der Waals surface area contributed by atoms with E-state index in [1.807, 2.05) is 0 Å². The maximum atomic E-state index is 11.1. The van der Waals surface area contributed by atoms with Crippen molar-refractivity contribution < 1.29 is 9.53 Å². The van der Waals surface area contributed by atoms with Gasteiger partial charge in [-0.25, -0.2) is 9.78 Å². The molecule has 0 aromatic carbocycles. The molecule has 0 N–H and O–H groups in total. The number of rotatable bonds is 3. The summed E-state index contributed by atoms with van der Waals surface area (Å²) in [6.07, 6.45) is 5.26. The van der Waals surface area contributed by atoms with Crippen molar-refractivity contribution in [1.82, 2.24) is 4.98 Å².